The predicted molar refractivity (Wildman–Crippen MR) is 76.0 cm³/mol. The van der Waals surface area contributed by atoms with E-state index in [-0.39, 0.29) is 0 Å². The van der Waals surface area contributed by atoms with Crippen LogP contribution in [0.15, 0.2) is 52.9 Å². The molecular weight excluding hydrogens is 236 g/mol. The molecule has 1 N–H and O–H groups in total. The lowest BCUT2D eigenvalue weighted by molar-refractivity contribution is 0.669. The Morgan fingerprint density at radius 2 is 1.89 bits per heavy atom. The van der Waals surface area contributed by atoms with E-state index in [1.807, 2.05) is 36.4 Å². The molecule has 0 bridgehead atoms. The number of fused-ring (bicyclic) bond motifs is 3. The van der Waals surface area contributed by atoms with E-state index in [0.29, 0.717) is 0 Å². The zero-order valence-corrected chi connectivity index (χ0v) is 10.5. The topological polar surface area (TPSA) is 41.8 Å². The van der Waals surface area contributed by atoms with Crippen LogP contribution in [0.25, 0.3) is 33.3 Å². The zero-order chi connectivity index (χ0) is 12.8. The van der Waals surface area contributed by atoms with Crippen molar-refractivity contribution in [3.8, 4) is 11.3 Å². The largest absolute Gasteiger partial charge is 0.452 e. The van der Waals surface area contributed by atoms with Crippen LogP contribution in [0.5, 0.6) is 0 Å². The SMILES string of the molecule is Cc1ccc2oc3c(-c4ccccc4)n[nH]c3c2c1. The molecule has 4 aromatic rings. The Bertz CT molecular complexity index is 872. The molecule has 0 unspecified atom stereocenters. The number of aromatic nitrogens is 2. The molecule has 0 aliphatic rings. The summed E-state index contributed by atoms with van der Waals surface area (Å²) in [5.74, 6) is 0. The summed E-state index contributed by atoms with van der Waals surface area (Å²) in [5.41, 5.74) is 5.83. The molecule has 4 rings (SSSR count). The van der Waals surface area contributed by atoms with Crippen molar-refractivity contribution in [3.05, 3.63) is 54.1 Å². The molecular formula is C16H12N2O. The summed E-state index contributed by atoms with van der Waals surface area (Å²) in [4.78, 5) is 0. The maximum absolute atomic E-state index is 5.94. The first-order chi connectivity index (χ1) is 9.33. The van der Waals surface area contributed by atoms with Gasteiger partial charge in [-0.05, 0) is 19.1 Å². The number of hydrogen-bond acceptors (Lipinski definition) is 2. The fourth-order valence-corrected chi connectivity index (χ4v) is 2.44. The summed E-state index contributed by atoms with van der Waals surface area (Å²) in [7, 11) is 0. The van der Waals surface area contributed by atoms with Gasteiger partial charge in [0.05, 0.1) is 0 Å². The average molecular weight is 248 g/mol. The van der Waals surface area contributed by atoms with Crippen LogP contribution in [-0.4, -0.2) is 10.2 Å². The summed E-state index contributed by atoms with van der Waals surface area (Å²) in [5, 5.41) is 8.57. The van der Waals surface area contributed by atoms with Gasteiger partial charge in [-0.1, -0.05) is 42.0 Å². The van der Waals surface area contributed by atoms with E-state index < -0.39 is 0 Å². The number of furan rings is 1. The number of rotatable bonds is 1. The van der Waals surface area contributed by atoms with E-state index in [9.17, 15) is 0 Å². The summed E-state index contributed by atoms with van der Waals surface area (Å²) >= 11 is 0. The van der Waals surface area contributed by atoms with Crippen molar-refractivity contribution in [1.29, 1.82) is 0 Å². The summed E-state index contributed by atoms with van der Waals surface area (Å²) < 4.78 is 5.94. The first-order valence-electron chi connectivity index (χ1n) is 6.25. The summed E-state index contributed by atoms with van der Waals surface area (Å²) in [6.07, 6.45) is 0. The number of nitrogens with zero attached hydrogens (tertiary/aromatic N) is 1. The van der Waals surface area contributed by atoms with Crippen molar-refractivity contribution in [3.63, 3.8) is 0 Å². The molecule has 3 heteroatoms. The van der Waals surface area contributed by atoms with Gasteiger partial charge in [0.1, 0.15) is 16.8 Å². The fourth-order valence-electron chi connectivity index (χ4n) is 2.44. The Balaban J connectivity index is 2.07. The highest BCUT2D eigenvalue weighted by molar-refractivity contribution is 6.06. The van der Waals surface area contributed by atoms with Gasteiger partial charge in [-0.2, -0.15) is 5.10 Å². The molecule has 2 aromatic heterocycles. The monoisotopic (exact) mass is 248 g/mol. The molecule has 0 saturated heterocycles. The number of nitrogens with one attached hydrogen (secondary N) is 1. The van der Waals surface area contributed by atoms with Gasteiger partial charge in [0.2, 0.25) is 0 Å². The van der Waals surface area contributed by atoms with E-state index >= 15 is 0 Å². The van der Waals surface area contributed by atoms with Crippen molar-refractivity contribution in [1.82, 2.24) is 10.2 Å². The highest BCUT2D eigenvalue weighted by Gasteiger charge is 2.15. The average Bonchev–Trinajstić information content (AvgIpc) is 2.99. The minimum Gasteiger partial charge on any atom is -0.452 e. The van der Waals surface area contributed by atoms with Crippen molar-refractivity contribution in [2.75, 3.05) is 0 Å². The van der Waals surface area contributed by atoms with Gasteiger partial charge in [0.25, 0.3) is 0 Å². The van der Waals surface area contributed by atoms with E-state index in [1.165, 1.54) is 5.56 Å². The van der Waals surface area contributed by atoms with E-state index in [2.05, 4.69) is 29.3 Å². The van der Waals surface area contributed by atoms with Crippen LogP contribution < -0.4 is 0 Å². The standard InChI is InChI=1S/C16H12N2O/c1-10-7-8-13-12(9-10)15-16(19-13)14(17-18-15)11-5-3-2-4-6-11/h2-9H,1H3,(H,17,18). The van der Waals surface area contributed by atoms with Crippen LogP contribution in [0.1, 0.15) is 5.56 Å². The van der Waals surface area contributed by atoms with Crippen LogP contribution in [0.3, 0.4) is 0 Å². The predicted octanol–water partition coefficient (Wildman–Crippen LogP) is 4.28. The lowest BCUT2D eigenvalue weighted by Gasteiger charge is -1.94. The van der Waals surface area contributed by atoms with Crippen molar-refractivity contribution in [2.45, 2.75) is 6.92 Å². The van der Waals surface area contributed by atoms with Gasteiger partial charge in [0.15, 0.2) is 5.58 Å². The third-order valence-electron chi connectivity index (χ3n) is 3.39. The molecule has 0 fully saturated rings. The smallest absolute Gasteiger partial charge is 0.181 e. The van der Waals surface area contributed by atoms with Crippen LogP contribution >= 0.6 is 0 Å². The van der Waals surface area contributed by atoms with Crippen molar-refractivity contribution < 1.29 is 4.42 Å². The Kier molecular flexibility index (Phi) is 2.03. The maximum Gasteiger partial charge on any atom is 0.181 e. The van der Waals surface area contributed by atoms with Gasteiger partial charge in [-0.25, -0.2) is 0 Å². The first-order valence-corrected chi connectivity index (χ1v) is 6.25. The van der Waals surface area contributed by atoms with Crippen LogP contribution in [0.4, 0.5) is 0 Å². The number of H-pyrrole nitrogens is 1. The van der Waals surface area contributed by atoms with Crippen LogP contribution in [0, 0.1) is 6.92 Å². The Morgan fingerprint density at radius 1 is 1.05 bits per heavy atom. The molecule has 0 atom stereocenters. The molecule has 0 spiro atoms. The lowest BCUT2D eigenvalue weighted by Crippen LogP contribution is -1.77. The molecule has 3 nitrogen and oxygen atoms in total. The number of benzene rings is 2. The molecule has 19 heavy (non-hydrogen) atoms. The second-order valence-electron chi connectivity index (χ2n) is 4.74. The molecule has 2 aromatic carbocycles. The van der Waals surface area contributed by atoms with E-state index in [1.54, 1.807) is 0 Å². The van der Waals surface area contributed by atoms with Gasteiger partial charge < -0.3 is 4.42 Å². The first kappa shape index (κ1) is 10.4. The third-order valence-corrected chi connectivity index (χ3v) is 3.39. The molecule has 0 saturated carbocycles. The Hall–Kier alpha value is -2.55. The van der Waals surface area contributed by atoms with Crippen LogP contribution in [-0.2, 0) is 0 Å². The van der Waals surface area contributed by atoms with E-state index in [0.717, 1.165) is 33.3 Å². The van der Waals surface area contributed by atoms with Crippen molar-refractivity contribution in [2.24, 2.45) is 0 Å². The third kappa shape index (κ3) is 1.48. The van der Waals surface area contributed by atoms with Crippen molar-refractivity contribution >= 4 is 22.1 Å². The summed E-state index contributed by atoms with van der Waals surface area (Å²) in [6, 6.07) is 16.3. The fraction of sp³-hybridized carbons (Fsp3) is 0.0625. The zero-order valence-electron chi connectivity index (χ0n) is 10.5. The molecule has 0 aliphatic heterocycles. The quantitative estimate of drug-likeness (QED) is 0.546. The lowest BCUT2D eigenvalue weighted by atomic mass is 10.1. The molecule has 2 heterocycles. The van der Waals surface area contributed by atoms with Gasteiger partial charge in [-0.15, -0.1) is 0 Å². The highest BCUT2D eigenvalue weighted by atomic mass is 16.3. The Morgan fingerprint density at radius 3 is 2.74 bits per heavy atom. The molecule has 0 aliphatic carbocycles. The van der Waals surface area contributed by atoms with Gasteiger partial charge >= 0.3 is 0 Å². The van der Waals surface area contributed by atoms with Gasteiger partial charge in [0, 0.05) is 10.9 Å². The minimum atomic E-state index is 0.826. The van der Waals surface area contributed by atoms with Gasteiger partial charge in [-0.3, -0.25) is 5.10 Å². The molecule has 0 amide bonds. The molecule has 0 radical (unpaired) electrons. The number of aromatic amines is 1. The highest BCUT2D eigenvalue weighted by Crippen LogP contribution is 2.33. The summed E-state index contributed by atoms with van der Waals surface area (Å²) in [6.45, 7) is 2.08. The molecule has 92 valence electrons. The second-order valence-corrected chi connectivity index (χ2v) is 4.74. The number of hydrogen-bond donors (Lipinski definition) is 1. The maximum atomic E-state index is 5.94. The minimum absolute atomic E-state index is 0.826. The van der Waals surface area contributed by atoms with Crippen LogP contribution in [0.2, 0.25) is 0 Å². The van der Waals surface area contributed by atoms with E-state index in [4.69, 9.17) is 4.42 Å². The normalized spacial score (nSPS) is 11.4. The number of aryl methyl sites for hydroxylation is 1. The Labute approximate surface area is 109 Å². The second kappa shape index (κ2) is 3.72.